The van der Waals surface area contributed by atoms with Gasteiger partial charge < -0.3 is 14.5 Å². The molecule has 2 rings (SSSR count). The standard InChI is InChI=1S/C14H13NO4/c1-9-6-7-19-12(9)13(16)15-11-5-3-4-10(8-11)14(17)18-2/h3-8H,1-2H3,(H,15,16). The Labute approximate surface area is 110 Å². The smallest absolute Gasteiger partial charge is 0.337 e. The Bertz CT molecular complexity index is 615. The summed E-state index contributed by atoms with van der Waals surface area (Å²) in [6, 6.07) is 8.21. The maximum Gasteiger partial charge on any atom is 0.337 e. The summed E-state index contributed by atoms with van der Waals surface area (Å²) in [5.41, 5.74) is 1.63. The van der Waals surface area contributed by atoms with Gasteiger partial charge in [-0.15, -0.1) is 0 Å². The quantitative estimate of drug-likeness (QED) is 0.860. The molecule has 0 fully saturated rings. The predicted octanol–water partition coefficient (Wildman–Crippen LogP) is 2.63. The van der Waals surface area contributed by atoms with Crippen LogP contribution < -0.4 is 5.32 Å². The van der Waals surface area contributed by atoms with Crippen LogP contribution in [0.5, 0.6) is 0 Å². The van der Waals surface area contributed by atoms with Gasteiger partial charge in [0.2, 0.25) is 0 Å². The Kier molecular flexibility index (Phi) is 3.66. The van der Waals surface area contributed by atoms with Crippen LogP contribution in [-0.2, 0) is 4.74 Å². The van der Waals surface area contributed by atoms with Crippen LogP contribution in [0.3, 0.4) is 0 Å². The van der Waals surface area contributed by atoms with Gasteiger partial charge in [-0.25, -0.2) is 4.79 Å². The normalized spacial score (nSPS) is 10.0. The molecule has 1 amide bonds. The third-order valence-electron chi connectivity index (χ3n) is 2.61. The second-order valence-corrected chi connectivity index (χ2v) is 3.96. The molecule has 1 aromatic heterocycles. The van der Waals surface area contributed by atoms with Gasteiger partial charge in [0.25, 0.3) is 5.91 Å². The highest BCUT2D eigenvalue weighted by Gasteiger charge is 2.13. The van der Waals surface area contributed by atoms with E-state index >= 15 is 0 Å². The minimum Gasteiger partial charge on any atom is -0.465 e. The van der Waals surface area contributed by atoms with E-state index in [1.54, 1.807) is 37.3 Å². The highest BCUT2D eigenvalue weighted by Crippen LogP contribution is 2.15. The number of hydrogen-bond donors (Lipinski definition) is 1. The molecule has 1 aromatic carbocycles. The van der Waals surface area contributed by atoms with E-state index in [9.17, 15) is 9.59 Å². The zero-order valence-electron chi connectivity index (χ0n) is 10.6. The maximum atomic E-state index is 11.9. The Morgan fingerprint density at radius 2 is 2.05 bits per heavy atom. The molecule has 0 spiro atoms. The summed E-state index contributed by atoms with van der Waals surface area (Å²) in [5, 5.41) is 2.66. The largest absolute Gasteiger partial charge is 0.465 e. The van der Waals surface area contributed by atoms with Crippen LogP contribution >= 0.6 is 0 Å². The van der Waals surface area contributed by atoms with Crippen molar-refractivity contribution in [1.82, 2.24) is 0 Å². The maximum absolute atomic E-state index is 11.9. The van der Waals surface area contributed by atoms with Crippen LogP contribution in [0.1, 0.15) is 26.5 Å². The number of amides is 1. The molecule has 0 unspecified atom stereocenters. The number of hydrogen-bond acceptors (Lipinski definition) is 4. The average Bonchev–Trinajstić information content (AvgIpc) is 2.84. The number of aryl methyl sites for hydroxylation is 1. The molecule has 1 N–H and O–H groups in total. The van der Waals surface area contributed by atoms with Crippen LogP contribution in [0.4, 0.5) is 5.69 Å². The number of rotatable bonds is 3. The number of anilines is 1. The Hall–Kier alpha value is -2.56. The molecule has 0 saturated carbocycles. The summed E-state index contributed by atoms with van der Waals surface area (Å²) in [5.74, 6) is -0.557. The molecule has 0 aliphatic rings. The number of carbonyl (C=O) groups excluding carboxylic acids is 2. The summed E-state index contributed by atoms with van der Waals surface area (Å²) in [6.07, 6.45) is 1.45. The van der Waals surface area contributed by atoms with E-state index in [-0.39, 0.29) is 11.7 Å². The lowest BCUT2D eigenvalue weighted by atomic mass is 10.2. The molecule has 5 nitrogen and oxygen atoms in total. The van der Waals surface area contributed by atoms with Crippen molar-refractivity contribution in [3.8, 4) is 0 Å². The lowest BCUT2D eigenvalue weighted by Gasteiger charge is -2.05. The van der Waals surface area contributed by atoms with E-state index in [4.69, 9.17) is 4.42 Å². The first kappa shape index (κ1) is 12.9. The molecule has 5 heteroatoms. The van der Waals surface area contributed by atoms with E-state index < -0.39 is 5.97 Å². The first-order valence-corrected chi connectivity index (χ1v) is 5.65. The van der Waals surface area contributed by atoms with Crippen molar-refractivity contribution >= 4 is 17.6 Å². The third-order valence-corrected chi connectivity index (χ3v) is 2.61. The van der Waals surface area contributed by atoms with Crippen LogP contribution in [0.2, 0.25) is 0 Å². The third kappa shape index (κ3) is 2.82. The van der Waals surface area contributed by atoms with Gasteiger partial charge in [-0.1, -0.05) is 6.07 Å². The minimum atomic E-state index is -0.453. The van der Waals surface area contributed by atoms with Crippen molar-refractivity contribution in [3.05, 3.63) is 53.5 Å². The fourth-order valence-corrected chi connectivity index (χ4v) is 1.63. The number of benzene rings is 1. The van der Waals surface area contributed by atoms with Gasteiger partial charge in [0.05, 0.1) is 18.9 Å². The van der Waals surface area contributed by atoms with Crippen molar-refractivity contribution in [1.29, 1.82) is 0 Å². The van der Waals surface area contributed by atoms with Gasteiger partial charge in [-0.05, 0) is 31.2 Å². The number of carbonyl (C=O) groups is 2. The monoisotopic (exact) mass is 259 g/mol. The van der Waals surface area contributed by atoms with Crippen LogP contribution in [0.15, 0.2) is 41.0 Å². The molecule has 0 saturated heterocycles. The van der Waals surface area contributed by atoms with Gasteiger partial charge >= 0.3 is 5.97 Å². The first-order chi connectivity index (χ1) is 9.11. The van der Waals surface area contributed by atoms with E-state index in [0.717, 1.165) is 5.56 Å². The second-order valence-electron chi connectivity index (χ2n) is 3.96. The molecular weight excluding hydrogens is 246 g/mol. The van der Waals surface area contributed by atoms with Gasteiger partial charge in [-0.3, -0.25) is 4.79 Å². The summed E-state index contributed by atoms with van der Waals surface area (Å²) in [6.45, 7) is 1.78. The van der Waals surface area contributed by atoms with Crippen molar-refractivity contribution in [2.75, 3.05) is 12.4 Å². The SMILES string of the molecule is COC(=O)c1cccc(NC(=O)c2occc2C)c1. The molecular formula is C14H13NO4. The van der Waals surface area contributed by atoms with Gasteiger partial charge in [-0.2, -0.15) is 0 Å². The molecule has 98 valence electrons. The Morgan fingerprint density at radius 1 is 1.26 bits per heavy atom. The zero-order chi connectivity index (χ0) is 13.8. The fraction of sp³-hybridized carbons (Fsp3) is 0.143. The lowest BCUT2D eigenvalue weighted by Crippen LogP contribution is -2.12. The first-order valence-electron chi connectivity index (χ1n) is 5.65. The van der Waals surface area contributed by atoms with Crippen molar-refractivity contribution in [3.63, 3.8) is 0 Å². The number of esters is 1. The van der Waals surface area contributed by atoms with Crippen LogP contribution in [0, 0.1) is 6.92 Å². The molecule has 2 aromatic rings. The predicted molar refractivity (Wildman–Crippen MR) is 69.2 cm³/mol. The van der Waals surface area contributed by atoms with Crippen molar-refractivity contribution in [2.24, 2.45) is 0 Å². The van der Waals surface area contributed by atoms with Gasteiger partial charge in [0.1, 0.15) is 0 Å². The molecule has 19 heavy (non-hydrogen) atoms. The number of methoxy groups -OCH3 is 1. The van der Waals surface area contributed by atoms with E-state index in [1.807, 2.05) is 0 Å². The molecule has 0 aliphatic carbocycles. The van der Waals surface area contributed by atoms with Crippen molar-refractivity contribution < 1.29 is 18.7 Å². The van der Waals surface area contributed by atoms with Gasteiger partial charge in [0.15, 0.2) is 5.76 Å². The number of nitrogens with one attached hydrogen (secondary N) is 1. The number of ether oxygens (including phenoxy) is 1. The molecule has 0 bridgehead atoms. The molecule has 0 radical (unpaired) electrons. The summed E-state index contributed by atoms with van der Waals surface area (Å²) < 4.78 is 9.71. The Morgan fingerprint density at radius 3 is 2.68 bits per heavy atom. The van der Waals surface area contributed by atoms with Crippen molar-refractivity contribution in [2.45, 2.75) is 6.92 Å². The lowest BCUT2D eigenvalue weighted by molar-refractivity contribution is 0.0600. The topological polar surface area (TPSA) is 68.5 Å². The van der Waals surface area contributed by atoms with E-state index in [2.05, 4.69) is 10.1 Å². The molecule has 1 heterocycles. The fourth-order valence-electron chi connectivity index (χ4n) is 1.63. The summed E-state index contributed by atoms with van der Waals surface area (Å²) >= 11 is 0. The summed E-state index contributed by atoms with van der Waals surface area (Å²) in [4.78, 5) is 23.3. The highest BCUT2D eigenvalue weighted by molar-refractivity contribution is 6.03. The van der Waals surface area contributed by atoms with Crippen LogP contribution in [0.25, 0.3) is 0 Å². The van der Waals surface area contributed by atoms with Crippen LogP contribution in [-0.4, -0.2) is 19.0 Å². The Balaban J connectivity index is 2.18. The highest BCUT2D eigenvalue weighted by atomic mass is 16.5. The summed E-state index contributed by atoms with van der Waals surface area (Å²) in [7, 11) is 1.31. The molecule has 0 aliphatic heterocycles. The van der Waals surface area contributed by atoms with Gasteiger partial charge in [0, 0.05) is 11.3 Å². The zero-order valence-corrected chi connectivity index (χ0v) is 10.6. The number of furan rings is 1. The average molecular weight is 259 g/mol. The van der Waals surface area contributed by atoms with E-state index in [1.165, 1.54) is 13.4 Å². The minimum absolute atomic E-state index is 0.253. The van der Waals surface area contributed by atoms with E-state index in [0.29, 0.717) is 11.3 Å². The second kappa shape index (κ2) is 5.39. The molecule has 0 atom stereocenters.